The smallest absolute Gasteiger partial charge is 0.343 e. The average molecular weight is 405 g/mol. The summed E-state index contributed by atoms with van der Waals surface area (Å²) in [5.74, 6) is 0.682. The van der Waals surface area contributed by atoms with Crippen molar-refractivity contribution in [3.05, 3.63) is 107 Å². The first-order valence-corrected chi connectivity index (χ1v) is 9.40. The molecule has 1 heterocycles. The van der Waals surface area contributed by atoms with Gasteiger partial charge in [0.15, 0.2) is 11.5 Å². The molecule has 0 amide bonds. The number of benzene rings is 3. The van der Waals surface area contributed by atoms with Crippen LogP contribution in [0.1, 0.15) is 15.9 Å². The molecule has 0 N–H and O–H groups in total. The average Bonchev–Trinajstić information content (AvgIpc) is 3.29. The van der Waals surface area contributed by atoms with Crippen LogP contribution >= 0.6 is 11.6 Å². The van der Waals surface area contributed by atoms with Gasteiger partial charge in [-0.15, -0.1) is 0 Å². The monoisotopic (exact) mass is 404 g/mol. The van der Waals surface area contributed by atoms with E-state index < -0.39 is 5.97 Å². The van der Waals surface area contributed by atoms with E-state index in [0.29, 0.717) is 34.3 Å². The summed E-state index contributed by atoms with van der Waals surface area (Å²) in [6, 6.07) is 25.3. The SMILES string of the molecule is O=C(Oc1cc(Cl)cc(-c2ccco2)c1OCc1ccccc1)c1ccccc1. The Balaban J connectivity index is 1.71. The highest BCUT2D eigenvalue weighted by Gasteiger charge is 2.20. The maximum absolute atomic E-state index is 12.6. The van der Waals surface area contributed by atoms with Crippen molar-refractivity contribution < 1.29 is 18.7 Å². The van der Waals surface area contributed by atoms with Crippen molar-refractivity contribution in [3.63, 3.8) is 0 Å². The fraction of sp³-hybridized carbons (Fsp3) is 0.0417. The number of rotatable bonds is 6. The molecular weight excluding hydrogens is 388 g/mol. The van der Waals surface area contributed by atoms with Crippen LogP contribution in [0.2, 0.25) is 5.02 Å². The zero-order valence-electron chi connectivity index (χ0n) is 15.4. The molecule has 0 spiro atoms. The van der Waals surface area contributed by atoms with E-state index in [4.69, 9.17) is 25.5 Å². The van der Waals surface area contributed by atoms with Crippen LogP contribution in [0.5, 0.6) is 11.5 Å². The number of hydrogen-bond donors (Lipinski definition) is 0. The number of furan rings is 1. The maximum atomic E-state index is 12.6. The number of halogens is 1. The van der Waals surface area contributed by atoms with Gasteiger partial charge in [0, 0.05) is 11.1 Å². The molecule has 144 valence electrons. The van der Waals surface area contributed by atoms with Gasteiger partial charge in [0.05, 0.1) is 17.4 Å². The van der Waals surface area contributed by atoms with Crippen molar-refractivity contribution in [2.75, 3.05) is 0 Å². The molecule has 5 heteroatoms. The molecule has 4 nitrogen and oxygen atoms in total. The molecule has 0 aliphatic carbocycles. The van der Waals surface area contributed by atoms with Crippen molar-refractivity contribution in [1.29, 1.82) is 0 Å². The van der Waals surface area contributed by atoms with Gasteiger partial charge >= 0.3 is 5.97 Å². The number of carbonyl (C=O) groups excluding carboxylic acids is 1. The molecule has 0 fully saturated rings. The topological polar surface area (TPSA) is 48.7 Å². The number of carbonyl (C=O) groups is 1. The summed E-state index contributed by atoms with van der Waals surface area (Å²) in [5, 5.41) is 0.402. The molecule has 0 atom stereocenters. The van der Waals surface area contributed by atoms with Crippen molar-refractivity contribution in [3.8, 4) is 22.8 Å². The Labute approximate surface area is 173 Å². The van der Waals surface area contributed by atoms with Crippen LogP contribution in [0.4, 0.5) is 0 Å². The third-order valence-electron chi connectivity index (χ3n) is 4.24. The highest BCUT2D eigenvalue weighted by atomic mass is 35.5. The Bertz CT molecular complexity index is 1090. The molecule has 0 unspecified atom stereocenters. The fourth-order valence-corrected chi connectivity index (χ4v) is 3.08. The van der Waals surface area contributed by atoms with Gasteiger partial charge in [0.25, 0.3) is 0 Å². The Kier molecular flexibility index (Phi) is 5.63. The zero-order valence-corrected chi connectivity index (χ0v) is 16.1. The van der Waals surface area contributed by atoms with Crippen LogP contribution in [0.15, 0.2) is 95.6 Å². The highest BCUT2D eigenvalue weighted by molar-refractivity contribution is 6.31. The van der Waals surface area contributed by atoms with E-state index in [0.717, 1.165) is 5.56 Å². The predicted octanol–water partition coefficient (Wildman–Crippen LogP) is 6.40. The van der Waals surface area contributed by atoms with Gasteiger partial charge in [-0.05, 0) is 35.9 Å². The van der Waals surface area contributed by atoms with Gasteiger partial charge in [-0.25, -0.2) is 4.79 Å². The van der Waals surface area contributed by atoms with Gasteiger partial charge in [-0.3, -0.25) is 0 Å². The summed E-state index contributed by atoms with van der Waals surface area (Å²) < 4.78 is 17.3. The Morgan fingerprint density at radius 2 is 1.62 bits per heavy atom. The largest absolute Gasteiger partial charge is 0.484 e. The fourth-order valence-electron chi connectivity index (χ4n) is 2.87. The molecule has 29 heavy (non-hydrogen) atoms. The Morgan fingerprint density at radius 1 is 0.897 bits per heavy atom. The molecule has 0 saturated carbocycles. The second-order valence-electron chi connectivity index (χ2n) is 6.29. The van der Waals surface area contributed by atoms with Crippen LogP contribution in [0.25, 0.3) is 11.3 Å². The maximum Gasteiger partial charge on any atom is 0.343 e. The van der Waals surface area contributed by atoms with Crippen LogP contribution in [0, 0.1) is 0 Å². The normalized spacial score (nSPS) is 10.5. The van der Waals surface area contributed by atoms with E-state index in [-0.39, 0.29) is 5.75 Å². The molecule has 0 bridgehead atoms. The van der Waals surface area contributed by atoms with E-state index >= 15 is 0 Å². The minimum atomic E-state index is -0.497. The summed E-state index contributed by atoms with van der Waals surface area (Å²) >= 11 is 6.30. The quantitative estimate of drug-likeness (QED) is 0.275. The summed E-state index contributed by atoms with van der Waals surface area (Å²) in [6.45, 7) is 0.298. The van der Waals surface area contributed by atoms with Gasteiger partial charge in [0.2, 0.25) is 0 Å². The van der Waals surface area contributed by atoms with E-state index in [1.807, 2.05) is 36.4 Å². The second-order valence-corrected chi connectivity index (χ2v) is 6.72. The molecule has 4 aromatic rings. The standard InChI is InChI=1S/C24H17ClO4/c25-19-14-20(21-12-7-13-27-21)23(28-16-17-8-3-1-4-9-17)22(15-19)29-24(26)18-10-5-2-6-11-18/h1-15H,16H2. The Hall–Kier alpha value is -3.50. The van der Waals surface area contributed by atoms with E-state index in [2.05, 4.69) is 0 Å². The molecular formula is C24H17ClO4. The number of esters is 1. The van der Waals surface area contributed by atoms with E-state index in [1.54, 1.807) is 54.8 Å². The van der Waals surface area contributed by atoms with E-state index in [1.165, 1.54) is 0 Å². The van der Waals surface area contributed by atoms with Crippen molar-refractivity contribution in [2.45, 2.75) is 6.61 Å². The first-order chi connectivity index (χ1) is 14.2. The molecule has 3 aromatic carbocycles. The van der Waals surface area contributed by atoms with Crippen molar-refractivity contribution in [1.82, 2.24) is 0 Å². The lowest BCUT2D eigenvalue weighted by Crippen LogP contribution is -2.10. The summed E-state index contributed by atoms with van der Waals surface area (Å²) in [5.41, 5.74) is 2.02. The molecule has 4 rings (SSSR count). The summed E-state index contributed by atoms with van der Waals surface area (Å²) in [4.78, 5) is 12.6. The van der Waals surface area contributed by atoms with Gasteiger partial charge in [-0.1, -0.05) is 60.1 Å². The minimum absolute atomic E-state index is 0.230. The third-order valence-corrected chi connectivity index (χ3v) is 4.46. The van der Waals surface area contributed by atoms with Gasteiger partial charge in [0.1, 0.15) is 12.4 Å². The molecule has 0 saturated heterocycles. The highest BCUT2D eigenvalue weighted by Crippen LogP contribution is 2.42. The third kappa shape index (κ3) is 4.50. The molecule has 0 aliphatic heterocycles. The number of hydrogen-bond acceptors (Lipinski definition) is 4. The second kappa shape index (κ2) is 8.67. The molecule has 0 aliphatic rings. The lowest BCUT2D eigenvalue weighted by atomic mass is 10.1. The zero-order chi connectivity index (χ0) is 20.1. The first kappa shape index (κ1) is 18.8. The summed E-state index contributed by atoms with van der Waals surface area (Å²) in [6.07, 6.45) is 1.56. The summed E-state index contributed by atoms with van der Waals surface area (Å²) in [7, 11) is 0. The first-order valence-electron chi connectivity index (χ1n) is 9.02. The van der Waals surface area contributed by atoms with Crippen molar-refractivity contribution in [2.24, 2.45) is 0 Å². The van der Waals surface area contributed by atoms with Crippen LogP contribution in [-0.2, 0) is 6.61 Å². The van der Waals surface area contributed by atoms with E-state index in [9.17, 15) is 4.79 Å². The van der Waals surface area contributed by atoms with Gasteiger partial charge < -0.3 is 13.9 Å². The lowest BCUT2D eigenvalue weighted by Gasteiger charge is -2.16. The van der Waals surface area contributed by atoms with Crippen LogP contribution in [-0.4, -0.2) is 5.97 Å². The van der Waals surface area contributed by atoms with Crippen LogP contribution in [0.3, 0.4) is 0 Å². The van der Waals surface area contributed by atoms with Crippen molar-refractivity contribution >= 4 is 17.6 Å². The predicted molar refractivity (Wildman–Crippen MR) is 111 cm³/mol. The minimum Gasteiger partial charge on any atom is -0.484 e. The van der Waals surface area contributed by atoms with Crippen LogP contribution < -0.4 is 9.47 Å². The van der Waals surface area contributed by atoms with Gasteiger partial charge in [-0.2, -0.15) is 0 Å². The number of ether oxygens (including phenoxy) is 2. The Morgan fingerprint density at radius 3 is 2.31 bits per heavy atom. The molecule has 0 radical (unpaired) electrons. The molecule has 1 aromatic heterocycles. The lowest BCUT2D eigenvalue weighted by molar-refractivity contribution is 0.0728.